The molecule has 0 atom stereocenters. The summed E-state index contributed by atoms with van der Waals surface area (Å²) in [4.78, 5) is 28.5. The summed E-state index contributed by atoms with van der Waals surface area (Å²) in [5.74, 6) is 0. The Labute approximate surface area is 490 Å². The summed E-state index contributed by atoms with van der Waals surface area (Å²) < 4.78 is 8.42. The molecule has 328 valence electrons. The van der Waals surface area contributed by atoms with E-state index in [1.165, 1.54) is 14.7 Å². The van der Waals surface area contributed by atoms with Gasteiger partial charge in [-0.15, -0.1) is 0 Å². The molecule has 0 aromatic carbocycles. The van der Waals surface area contributed by atoms with Crippen LogP contribution in [0.4, 0.5) is 11.4 Å². The molecule has 7 N–H and O–H groups in total. The first kappa shape index (κ1) is 62.9. The first-order valence-electron chi connectivity index (χ1n) is 15.3. The number of anilines is 2. The van der Waals surface area contributed by atoms with Crippen molar-refractivity contribution < 1.29 is 33.4 Å². The van der Waals surface area contributed by atoms with Gasteiger partial charge in [0.05, 0.1) is 11.5 Å². The standard InChI is InChI=1S/C10H7Cl2N3.C10H6ClN3.C5H5BClNO2.C5H4ClIN2.CH2I2.CH3I.CH4.HI2.3HI.V/c11-9-4-8(13)7(5-15-9)6-2-1-3-14-10(6)12;11-9-4-8-7(5-13-9)6-2-1-3-12-10(6)14-8;7-5-4(6(9)10)2-1-3-8-5;6-5-1-4(8)3(7)2-9-5;2-1-3;1-2;;1-2;;;;/h1-5H,(H2,13,15);1-5H,(H,12,14);1-3,9-10H;1-2H,(H2,8,9);1H2;1H3;1H4;1H;3*1H;/q;;;;;;;-1;;;;+3/p-3/i;;;;;;;1D;;;;. The Kier molecular flexibility index (Phi) is 40.7. The van der Waals surface area contributed by atoms with Crippen LogP contribution in [0.15, 0.2) is 91.8 Å². The second kappa shape index (κ2) is 38.8. The van der Waals surface area contributed by atoms with Gasteiger partial charge >= 0.3 is 110 Å². The molecule has 7 heterocycles. The molecule has 0 aliphatic heterocycles. The molecular formula is C33H32BCl5I9N9O2V-. The van der Waals surface area contributed by atoms with Crippen LogP contribution in [0.25, 0.3) is 33.1 Å². The van der Waals surface area contributed by atoms with Crippen LogP contribution in [-0.2, 0) is 4.92 Å². The maximum atomic E-state index is 8.64. The number of rotatable bonds is 2. The molecule has 7 aromatic rings. The van der Waals surface area contributed by atoms with Gasteiger partial charge in [0, 0.05) is 75.9 Å². The minimum absolute atomic E-state index is 0. The number of aromatic amines is 1. The van der Waals surface area contributed by atoms with Gasteiger partial charge < -0.3 is 26.5 Å². The first-order valence-corrected chi connectivity index (χ1v) is 42.9. The average molecular weight is 1970 g/mol. The summed E-state index contributed by atoms with van der Waals surface area (Å²) in [5, 5.41) is 21.2. The molecule has 0 fully saturated rings. The third-order valence-corrected chi connectivity index (χ3v) is 8.23. The third-order valence-electron chi connectivity index (χ3n) is 6.09. The van der Waals surface area contributed by atoms with Gasteiger partial charge in [-0.25, -0.2) is 29.9 Å². The molecule has 0 aliphatic carbocycles. The van der Waals surface area contributed by atoms with E-state index >= 15 is 0 Å². The Morgan fingerprint density at radius 1 is 0.733 bits per heavy atom. The van der Waals surface area contributed by atoms with Crippen molar-refractivity contribution in [2.24, 2.45) is 0 Å². The van der Waals surface area contributed by atoms with Crippen LogP contribution < -0.4 is 35.3 Å². The molecule has 60 heavy (non-hydrogen) atoms. The predicted molar refractivity (Wildman–Crippen MR) is 321 cm³/mol. The van der Waals surface area contributed by atoms with Crippen molar-refractivity contribution in [2.45, 2.75) is 7.43 Å². The van der Waals surface area contributed by atoms with E-state index < -0.39 is 7.12 Å². The minimum atomic E-state index is -1.54. The Morgan fingerprint density at radius 3 is 1.68 bits per heavy atom. The van der Waals surface area contributed by atoms with Crippen LogP contribution in [-0.4, -0.2) is 60.0 Å². The van der Waals surface area contributed by atoms with E-state index in [9.17, 15) is 0 Å². The molecule has 0 radical (unpaired) electrons. The fraction of sp³-hybridized carbons (Fsp3) is 0.0909. The zero-order valence-electron chi connectivity index (χ0n) is 30.4. The van der Waals surface area contributed by atoms with Crippen LogP contribution in [0.5, 0.6) is 0 Å². The zero-order valence-corrected chi connectivity index (χ0v) is 54.0. The number of nitrogen functional groups attached to an aromatic ring is 2. The summed E-state index contributed by atoms with van der Waals surface area (Å²) in [6.07, 6.45) is 9.84. The van der Waals surface area contributed by atoms with Crippen molar-refractivity contribution in [3.05, 3.63) is 121 Å². The Hall–Kier alpha value is 2.89. The average Bonchev–Trinajstić information content (AvgIpc) is 3.56. The van der Waals surface area contributed by atoms with E-state index in [-0.39, 0.29) is 41.4 Å². The monoisotopic (exact) mass is 1970 g/mol. The number of alkyl halides is 3. The van der Waals surface area contributed by atoms with E-state index in [2.05, 4.69) is 204 Å². The molecule has 0 saturated heterocycles. The molecule has 27 heteroatoms. The van der Waals surface area contributed by atoms with E-state index in [1.807, 2.05) is 23.1 Å². The quantitative estimate of drug-likeness (QED) is 0.0483. The summed E-state index contributed by atoms with van der Waals surface area (Å²) in [5.41, 5.74) is 16.1. The number of nitrogens with zero attached hydrogens (tertiary/aromatic N) is 6. The number of halogens is 14. The number of H-pyrrole nitrogens is 1. The van der Waals surface area contributed by atoms with Gasteiger partial charge in [0.15, 0.2) is 0 Å². The Balaban J connectivity index is 0. The van der Waals surface area contributed by atoms with Gasteiger partial charge in [-0.05, 0) is 76.1 Å². The van der Waals surface area contributed by atoms with Crippen LogP contribution in [0.2, 0.25) is 25.8 Å². The van der Waals surface area contributed by atoms with Gasteiger partial charge in [-0.1, -0.05) is 139 Å². The number of nitrogens with two attached hydrogens (primary N) is 2. The number of nitrogens with one attached hydrogen (secondary N) is 1. The fourth-order valence-corrected chi connectivity index (χ4v) is 5.10. The van der Waals surface area contributed by atoms with Crippen molar-refractivity contribution in [2.75, 3.05) is 18.8 Å². The Bertz CT molecular complexity index is 2290. The van der Waals surface area contributed by atoms with Crippen LogP contribution in [0.3, 0.4) is 0 Å². The number of hydrogen-bond donors (Lipinski definition) is 5. The summed E-state index contributed by atoms with van der Waals surface area (Å²) in [6.45, 7) is 0. The second-order valence-electron chi connectivity index (χ2n) is 9.59. The van der Waals surface area contributed by atoms with Crippen LogP contribution in [0.1, 0.15) is 7.43 Å². The molecule has 0 bridgehead atoms. The fourth-order valence-electron chi connectivity index (χ4n) is 3.87. The van der Waals surface area contributed by atoms with Gasteiger partial charge in [0.2, 0.25) is 0 Å². The van der Waals surface area contributed by atoms with Gasteiger partial charge in [-0.2, -0.15) is 0 Å². The number of fused-ring (bicyclic) bond motifs is 3. The van der Waals surface area contributed by atoms with Gasteiger partial charge in [-0.3, -0.25) is 0 Å². The predicted octanol–water partition coefficient (Wildman–Crippen LogP) is 10.9. The number of hydrogen-bond acceptors (Lipinski definition) is 10. The van der Waals surface area contributed by atoms with E-state index in [0.29, 0.717) is 32.0 Å². The van der Waals surface area contributed by atoms with E-state index in [4.69, 9.17) is 80.1 Å². The maximum absolute atomic E-state index is 8.64. The molecule has 0 spiro atoms. The summed E-state index contributed by atoms with van der Waals surface area (Å²) in [6, 6.07) is 15.6. The zero-order chi connectivity index (χ0) is 45.8. The molecular weight excluding hydrogens is 1940 g/mol. The van der Waals surface area contributed by atoms with E-state index in [1.54, 1.807) is 61.3 Å². The SMILES string of the molecule is C.CI.Clc1cc2[nH]c3ncccc3c2cn1.ICI.Nc1cc(Cl)ncc1-c1cccnc1Cl.Nc1cc(Cl)ncc1I.OB(O)c1cccnc1Cl.[2H][I-]I.[I][V]([I])[I]. The Morgan fingerprint density at radius 2 is 1.20 bits per heavy atom. The summed E-state index contributed by atoms with van der Waals surface area (Å²) >= 11 is 46.5. The van der Waals surface area contributed by atoms with Crippen molar-refractivity contribution in [1.29, 1.82) is 0.594 Å². The molecule has 7 aromatic heterocycles. The van der Waals surface area contributed by atoms with Crippen LogP contribution in [0, 0.1) is 3.57 Å². The molecule has 0 aliphatic rings. The van der Waals surface area contributed by atoms with E-state index in [0.717, 1.165) is 36.6 Å². The first-order chi connectivity index (χ1) is 28.5. The molecule has 0 saturated carbocycles. The van der Waals surface area contributed by atoms with Gasteiger partial charge in [0.1, 0.15) is 31.4 Å². The molecule has 0 amide bonds. The van der Waals surface area contributed by atoms with Crippen molar-refractivity contribution in [3.63, 3.8) is 0 Å². The molecule has 11 nitrogen and oxygen atoms in total. The van der Waals surface area contributed by atoms with Crippen LogP contribution >= 0.6 is 227 Å². The summed E-state index contributed by atoms with van der Waals surface area (Å²) in [7, 11) is -1.54. The molecule has 0 unspecified atom stereocenters. The van der Waals surface area contributed by atoms with Crippen molar-refractivity contribution in [1.82, 2.24) is 34.9 Å². The third kappa shape index (κ3) is 26.4. The van der Waals surface area contributed by atoms with Gasteiger partial charge in [0.25, 0.3) is 0 Å². The number of aromatic nitrogens is 7. The van der Waals surface area contributed by atoms with Crippen molar-refractivity contribution in [3.8, 4) is 11.1 Å². The second-order valence-corrected chi connectivity index (χ2v) is 52.4. The molecule has 7 rings (SSSR count). The topological polar surface area (TPSA) is 186 Å². The van der Waals surface area contributed by atoms with Crippen molar-refractivity contribution >= 4 is 273 Å². The number of pyridine rings is 6. The normalized spacial score (nSPS) is 9.58.